The van der Waals surface area contributed by atoms with Crippen molar-refractivity contribution in [3.8, 4) is 0 Å². The molecule has 2 rings (SSSR count). The van der Waals surface area contributed by atoms with Crippen LogP contribution in [-0.2, 0) is 25.6 Å². The number of carbonyl (C=O) groups excluding carboxylic acids is 2. The van der Waals surface area contributed by atoms with E-state index in [1.54, 1.807) is 9.80 Å². The Morgan fingerprint density at radius 1 is 0.963 bits per heavy atom. The third-order valence-electron chi connectivity index (χ3n) is 4.39. The average Bonchev–Trinajstić information content (AvgIpc) is 2.71. The number of hydrogen-bond donors (Lipinski definition) is 0. The third kappa shape index (κ3) is 7.19. The van der Waals surface area contributed by atoms with Crippen LogP contribution in [0.15, 0.2) is 30.3 Å². The molecule has 0 spiro atoms. The minimum Gasteiger partial charge on any atom is -0.445 e. The highest BCUT2D eigenvalue weighted by atomic mass is 16.7. The molecule has 7 heteroatoms. The van der Waals surface area contributed by atoms with Crippen LogP contribution in [0.3, 0.4) is 0 Å². The van der Waals surface area contributed by atoms with Crippen LogP contribution in [-0.4, -0.2) is 67.5 Å². The summed E-state index contributed by atoms with van der Waals surface area (Å²) in [7, 11) is 0. The van der Waals surface area contributed by atoms with E-state index in [9.17, 15) is 9.59 Å². The first kappa shape index (κ1) is 21.2. The molecule has 0 atom stereocenters. The summed E-state index contributed by atoms with van der Waals surface area (Å²) in [4.78, 5) is 28.0. The van der Waals surface area contributed by atoms with Gasteiger partial charge in [0.25, 0.3) is 0 Å². The standard InChI is InChI=1S/C20H30N2O5/c1-3-25-19(26-4-2)11-10-18(23)21-12-14-22(15-13-21)20(24)27-16-17-8-6-5-7-9-17/h5-9,19H,3-4,10-16H2,1-2H3. The van der Waals surface area contributed by atoms with Gasteiger partial charge in [0, 0.05) is 52.2 Å². The number of amides is 2. The predicted octanol–water partition coefficient (Wildman–Crippen LogP) is 2.65. The first-order valence-electron chi connectivity index (χ1n) is 9.60. The normalized spacial score (nSPS) is 14.5. The van der Waals surface area contributed by atoms with Crippen molar-refractivity contribution in [2.24, 2.45) is 0 Å². The van der Waals surface area contributed by atoms with Crippen LogP contribution in [0.2, 0.25) is 0 Å². The van der Waals surface area contributed by atoms with Crippen molar-refractivity contribution < 1.29 is 23.8 Å². The molecule has 1 fully saturated rings. The predicted molar refractivity (Wildman–Crippen MR) is 101 cm³/mol. The van der Waals surface area contributed by atoms with Crippen LogP contribution >= 0.6 is 0 Å². The summed E-state index contributed by atoms with van der Waals surface area (Å²) < 4.78 is 16.3. The van der Waals surface area contributed by atoms with Gasteiger partial charge in [0.15, 0.2) is 6.29 Å². The maximum Gasteiger partial charge on any atom is 0.410 e. The van der Waals surface area contributed by atoms with Gasteiger partial charge in [-0.05, 0) is 19.4 Å². The van der Waals surface area contributed by atoms with E-state index < -0.39 is 0 Å². The second-order valence-electron chi connectivity index (χ2n) is 6.29. The first-order valence-corrected chi connectivity index (χ1v) is 9.60. The Morgan fingerprint density at radius 2 is 1.56 bits per heavy atom. The monoisotopic (exact) mass is 378 g/mol. The van der Waals surface area contributed by atoms with E-state index in [2.05, 4.69) is 0 Å². The number of carbonyl (C=O) groups is 2. The fourth-order valence-electron chi connectivity index (χ4n) is 2.94. The molecule has 2 amide bonds. The Morgan fingerprint density at radius 3 is 2.15 bits per heavy atom. The molecular formula is C20H30N2O5. The lowest BCUT2D eigenvalue weighted by atomic mass is 10.2. The number of nitrogens with zero attached hydrogens (tertiary/aromatic N) is 2. The molecule has 27 heavy (non-hydrogen) atoms. The van der Waals surface area contributed by atoms with Gasteiger partial charge in [-0.3, -0.25) is 4.79 Å². The Bertz CT molecular complexity index is 567. The molecule has 0 saturated carbocycles. The van der Waals surface area contributed by atoms with Crippen molar-refractivity contribution in [2.75, 3.05) is 39.4 Å². The molecule has 0 aromatic heterocycles. The fourth-order valence-corrected chi connectivity index (χ4v) is 2.94. The Labute approximate surface area is 161 Å². The number of piperazine rings is 1. The van der Waals surface area contributed by atoms with E-state index in [1.807, 2.05) is 44.2 Å². The van der Waals surface area contributed by atoms with E-state index in [-0.39, 0.29) is 24.9 Å². The lowest BCUT2D eigenvalue weighted by Gasteiger charge is -2.34. The second kappa shape index (κ2) is 11.6. The minimum absolute atomic E-state index is 0.0664. The van der Waals surface area contributed by atoms with Crippen molar-refractivity contribution in [1.29, 1.82) is 0 Å². The molecule has 1 saturated heterocycles. The summed E-state index contributed by atoms with van der Waals surface area (Å²) in [5, 5.41) is 0. The van der Waals surface area contributed by atoms with Gasteiger partial charge in [-0.15, -0.1) is 0 Å². The molecule has 1 aromatic carbocycles. The molecule has 0 N–H and O–H groups in total. The van der Waals surface area contributed by atoms with Crippen molar-refractivity contribution in [1.82, 2.24) is 9.80 Å². The molecule has 0 bridgehead atoms. The molecule has 1 aromatic rings. The molecule has 7 nitrogen and oxygen atoms in total. The zero-order chi connectivity index (χ0) is 19.5. The highest BCUT2D eigenvalue weighted by Crippen LogP contribution is 2.11. The van der Waals surface area contributed by atoms with E-state index >= 15 is 0 Å². The Kier molecular flexibility index (Phi) is 9.07. The van der Waals surface area contributed by atoms with Crippen molar-refractivity contribution in [3.05, 3.63) is 35.9 Å². The lowest BCUT2D eigenvalue weighted by molar-refractivity contribution is -0.149. The van der Waals surface area contributed by atoms with Gasteiger partial charge in [0.2, 0.25) is 5.91 Å². The highest BCUT2D eigenvalue weighted by molar-refractivity contribution is 5.76. The topological polar surface area (TPSA) is 68.3 Å². The van der Waals surface area contributed by atoms with Crippen LogP contribution < -0.4 is 0 Å². The molecular weight excluding hydrogens is 348 g/mol. The minimum atomic E-state index is -0.335. The van der Waals surface area contributed by atoms with Crippen LogP contribution in [0, 0.1) is 0 Å². The summed E-state index contributed by atoms with van der Waals surface area (Å²) in [6.07, 6.45) is 0.250. The van der Waals surface area contributed by atoms with Gasteiger partial charge in [-0.1, -0.05) is 30.3 Å². The van der Waals surface area contributed by atoms with Gasteiger partial charge in [0.1, 0.15) is 6.61 Å². The van der Waals surface area contributed by atoms with Gasteiger partial charge in [0.05, 0.1) is 0 Å². The summed E-state index contributed by atoms with van der Waals surface area (Å²) in [6, 6.07) is 9.58. The van der Waals surface area contributed by atoms with Gasteiger partial charge in [-0.25, -0.2) is 4.79 Å². The van der Waals surface area contributed by atoms with Gasteiger partial charge in [-0.2, -0.15) is 0 Å². The summed E-state index contributed by atoms with van der Waals surface area (Å²) >= 11 is 0. The maximum absolute atomic E-state index is 12.4. The lowest BCUT2D eigenvalue weighted by Crippen LogP contribution is -2.50. The van der Waals surface area contributed by atoms with Crippen LogP contribution in [0.5, 0.6) is 0 Å². The maximum atomic E-state index is 12.4. The highest BCUT2D eigenvalue weighted by Gasteiger charge is 2.25. The Balaban J connectivity index is 1.69. The number of ether oxygens (including phenoxy) is 3. The molecule has 150 valence electrons. The zero-order valence-corrected chi connectivity index (χ0v) is 16.3. The number of benzene rings is 1. The van der Waals surface area contributed by atoms with E-state index in [1.165, 1.54) is 0 Å². The summed E-state index contributed by atoms with van der Waals surface area (Å²) in [5.41, 5.74) is 0.956. The molecule has 1 heterocycles. The van der Waals surface area contributed by atoms with E-state index in [0.717, 1.165) is 5.56 Å². The first-order chi connectivity index (χ1) is 13.1. The third-order valence-corrected chi connectivity index (χ3v) is 4.39. The van der Waals surface area contributed by atoms with Crippen LogP contribution in [0.25, 0.3) is 0 Å². The molecule has 0 aliphatic carbocycles. The van der Waals surface area contributed by atoms with Gasteiger partial charge >= 0.3 is 6.09 Å². The number of hydrogen-bond acceptors (Lipinski definition) is 5. The second-order valence-corrected chi connectivity index (χ2v) is 6.29. The Hall–Kier alpha value is -2.12. The summed E-state index contributed by atoms with van der Waals surface area (Å²) in [6.45, 7) is 7.20. The number of rotatable bonds is 9. The molecule has 0 unspecified atom stereocenters. The fraction of sp³-hybridized carbons (Fsp3) is 0.600. The largest absolute Gasteiger partial charge is 0.445 e. The zero-order valence-electron chi connectivity index (χ0n) is 16.3. The van der Waals surface area contributed by atoms with Crippen LogP contribution in [0.4, 0.5) is 4.79 Å². The molecule has 1 aliphatic heterocycles. The van der Waals surface area contributed by atoms with Crippen molar-refractivity contribution in [2.45, 2.75) is 39.6 Å². The molecule has 0 radical (unpaired) electrons. The summed E-state index contributed by atoms with van der Waals surface area (Å²) in [5.74, 6) is 0.0664. The van der Waals surface area contributed by atoms with Crippen molar-refractivity contribution in [3.63, 3.8) is 0 Å². The van der Waals surface area contributed by atoms with Crippen molar-refractivity contribution >= 4 is 12.0 Å². The average molecular weight is 378 g/mol. The van der Waals surface area contributed by atoms with Gasteiger partial charge < -0.3 is 24.0 Å². The molecule has 1 aliphatic rings. The van der Waals surface area contributed by atoms with E-state index in [0.29, 0.717) is 52.2 Å². The smallest absolute Gasteiger partial charge is 0.410 e. The quantitative estimate of drug-likeness (QED) is 0.618. The van der Waals surface area contributed by atoms with E-state index in [4.69, 9.17) is 14.2 Å². The SMILES string of the molecule is CCOC(CCC(=O)N1CCN(C(=O)OCc2ccccc2)CC1)OCC. The van der Waals surface area contributed by atoms with Crippen LogP contribution in [0.1, 0.15) is 32.3 Å².